The van der Waals surface area contributed by atoms with Crippen molar-refractivity contribution in [3.05, 3.63) is 35.9 Å². The van der Waals surface area contributed by atoms with Crippen LogP contribution >= 0.6 is 0 Å². The van der Waals surface area contributed by atoms with Crippen molar-refractivity contribution in [2.24, 2.45) is 11.8 Å². The van der Waals surface area contributed by atoms with Crippen molar-refractivity contribution in [3.63, 3.8) is 0 Å². The summed E-state index contributed by atoms with van der Waals surface area (Å²) in [6.45, 7) is 5.36. The zero-order valence-corrected chi connectivity index (χ0v) is 13.2. The molecule has 1 atom stereocenters. The lowest BCUT2D eigenvalue weighted by molar-refractivity contribution is -0.164. The van der Waals surface area contributed by atoms with E-state index in [9.17, 15) is 14.4 Å². The molecule has 1 unspecified atom stereocenters. The van der Waals surface area contributed by atoms with Gasteiger partial charge in [-0.05, 0) is 19.8 Å². The van der Waals surface area contributed by atoms with E-state index in [1.165, 1.54) is 0 Å². The van der Waals surface area contributed by atoms with Gasteiger partial charge in [0.15, 0.2) is 11.7 Å². The molecule has 1 rings (SSSR count). The first-order valence-corrected chi connectivity index (χ1v) is 7.42. The van der Waals surface area contributed by atoms with Crippen LogP contribution in [0.1, 0.15) is 37.6 Å². The Bertz CT molecular complexity index is 491. The van der Waals surface area contributed by atoms with Crippen LogP contribution in [0.3, 0.4) is 0 Å². The third-order valence-corrected chi connectivity index (χ3v) is 3.25. The van der Waals surface area contributed by atoms with Crippen LogP contribution < -0.4 is 0 Å². The second-order valence-electron chi connectivity index (χ2n) is 4.95. The van der Waals surface area contributed by atoms with Gasteiger partial charge in [-0.2, -0.15) is 0 Å². The van der Waals surface area contributed by atoms with Crippen molar-refractivity contribution < 1.29 is 23.9 Å². The van der Waals surface area contributed by atoms with Crippen LogP contribution in [0.4, 0.5) is 0 Å². The Labute approximate surface area is 130 Å². The average Bonchev–Trinajstić information content (AvgIpc) is 2.48. The van der Waals surface area contributed by atoms with Gasteiger partial charge in [-0.1, -0.05) is 37.3 Å². The van der Waals surface area contributed by atoms with Crippen LogP contribution in [0, 0.1) is 11.8 Å². The molecular formula is C17H22O5. The fourth-order valence-corrected chi connectivity index (χ4v) is 2.18. The number of benzene rings is 1. The van der Waals surface area contributed by atoms with E-state index in [1.807, 2.05) is 6.07 Å². The van der Waals surface area contributed by atoms with Crippen LogP contribution in [-0.2, 0) is 19.1 Å². The number of Topliss-reactive ketones (excluding diaryl/α,β-unsaturated/α-hetero) is 1. The van der Waals surface area contributed by atoms with E-state index in [0.717, 1.165) is 0 Å². The van der Waals surface area contributed by atoms with Crippen molar-refractivity contribution in [3.8, 4) is 0 Å². The topological polar surface area (TPSA) is 69.7 Å². The van der Waals surface area contributed by atoms with E-state index in [4.69, 9.17) is 9.47 Å². The summed E-state index contributed by atoms with van der Waals surface area (Å²) in [5.74, 6) is -2.98. The minimum Gasteiger partial charge on any atom is -0.465 e. The zero-order chi connectivity index (χ0) is 16.5. The fourth-order valence-electron chi connectivity index (χ4n) is 2.18. The van der Waals surface area contributed by atoms with Gasteiger partial charge in [-0.15, -0.1) is 0 Å². The van der Waals surface area contributed by atoms with Crippen LogP contribution in [0.25, 0.3) is 0 Å². The van der Waals surface area contributed by atoms with Gasteiger partial charge < -0.3 is 9.47 Å². The first-order valence-electron chi connectivity index (χ1n) is 7.42. The minimum absolute atomic E-state index is 0.0757. The Morgan fingerprint density at radius 1 is 0.955 bits per heavy atom. The Morgan fingerprint density at radius 2 is 1.45 bits per heavy atom. The van der Waals surface area contributed by atoms with E-state index < -0.39 is 23.8 Å². The predicted octanol–water partition coefficient (Wildman–Crippen LogP) is 2.64. The summed E-state index contributed by atoms with van der Waals surface area (Å²) >= 11 is 0. The van der Waals surface area contributed by atoms with Crippen molar-refractivity contribution in [2.75, 3.05) is 13.2 Å². The molecule has 5 heteroatoms. The van der Waals surface area contributed by atoms with E-state index in [2.05, 4.69) is 0 Å². The fraction of sp³-hybridized carbons (Fsp3) is 0.471. The highest BCUT2D eigenvalue weighted by atomic mass is 16.6. The number of esters is 2. The lowest BCUT2D eigenvalue weighted by Crippen LogP contribution is -2.34. The molecule has 0 saturated heterocycles. The molecule has 0 saturated carbocycles. The summed E-state index contributed by atoms with van der Waals surface area (Å²) in [5, 5.41) is 0. The van der Waals surface area contributed by atoms with Gasteiger partial charge in [0, 0.05) is 12.0 Å². The number of rotatable bonds is 8. The molecule has 0 N–H and O–H groups in total. The highest BCUT2D eigenvalue weighted by Crippen LogP contribution is 2.21. The molecule has 120 valence electrons. The van der Waals surface area contributed by atoms with Crippen LogP contribution in [-0.4, -0.2) is 30.9 Å². The summed E-state index contributed by atoms with van der Waals surface area (Å²) < 4.78 is 9.86. The molecule has 22 heavy (non-hydrogen) atoms. The van der Waals surface area contributed by atoms with Crippen LogP contribution in [0.2, 0.25) is 0 Å². The molecule has 0 aliphatic rings. The molecule has 0 fully saturated rings. The lowest BCUT2D eigenvalue weighted by Gasteiger charge is -2.20. The number of hydrogen-bond donors (Lipinski definition) is 0. The number of hydrogen-bond acceptors (Lipinski definition) is 5. The first-order chi connectivity index (χ1) is 10.5. The molecule has 0 heterocycles. The molecule has 1 aromatic carbocycles. The number of ether oxygens (including phenoxy) is 2. The summed E-state index contributed by atoms with van der Waals surface area (Å²) in [6.07, 6.45) is 0.0757. The van der Waals surface area contributed by atoms with Gasteiger partial charge in [-0.3, -0.25) is 14.4 Å². The van der Waals surface area contributed by atoms with Gasteiger partial charge in [0.05, 0.1) is 13.2 Å². The molecule has 0 bridgehead atoms. The molecule has 0 aromatic heterocycles. The van der Waals surface area contributed by atoms with E-state index in [-0.39, 0.29) is 25.4 Å². The molecule has 0 amide bonds. The monoisotopic (exact) mass is 306 g/mol. The van der Waals surface area contributed by atoms with Crippen LogP contribution in [0.5, 0.6) is 0 Å². The summed E-state index contributed by atoms with van der Waals surface area (Å²) in [6, 6.07) is 8.77. The molecule has 0 aliphatic carbocycles. The third-order valence-electron chi connectivity index (χ3n) is 3.25. The summed E-state index contributed by atoms with van der Waals surface area (Å²) in [7, 11) is 0. The normalized spacial score (nSPS) is 11.8. The SMILES string of the molecule is CCOC(=O)C(C(=O)OCC)C(C)CC(=O)c1ccccc1. The highest BCUT2D eigenvalue weighted by molar-refractivity contribution is 5.99. The third kappa shape index (κ3) is 4.98. The Hall–Kier alpha value is -2.17. The Morgan fingerprint density at radius 3 is 1.91 bits per heavy atom. The zero-order valence-electron chi connectivity index (χ0n) is 13.2. The van der Waals surface area contributed by atoms with Crippen LogP contribution in [0.15, 0.2) is 30.3 Å². The predicted molar refractivity (Wildman–Crippen MR) is 81.3 cm³/mol. The maximum atomic E-state index is 12.2. The maximum absolute atomic E-state index is 12.2. The van der Waals surface area contributed by atoms with Crippen molar-refractivity contribution >= 4 is 17.7 Å². The van der Waals surface area contributed by atoms with Gasteiger partial charge in [0.2, 0.25) is 0 Å². The first kappa shape index (κ1) is 17.9. The molecule has 1 aromatic rings. The average molecular weight is 306 g/mol. The number of carbonyl (C=O) groups excluding carboxylic acids is 3. The van der Waals surface area contributed by atoms with Crippen molar-refractivity contribution in [1.82, 2.24) is 0 Å². The highest BCUT2D eigenvalue weighted by Gasteiger charge is 2.36. The molecule has 5 nitrogen and oxygen atoms in total. The van der Waals surface area contributed by atoms with Gasteiger partial charge >= 0.3 is 11.9 Å². The summed E-state index contributed by atoms with van der Waals surface area (Å²) in [5.41, 5.74) is 0.556. The largest absolute Gasteiger partial charge is 0.465 e. The van der Waals surface area contributed by atoms with Crippen molar-refractivity contribution in [2.45, 2.75) is 27.2 Å². The molecule has 0 radical (unpaired) electrons. The van der Waals surface area contributed by atoms with E-state index >= 15 is 0 Å². The Kier molecular flexibility index (Phi) is 7.29. The lowest BCUT2D eigenvalue weighted by atomic mass is 9.88. The molecular weight excluding hydrogens is 284 g/mol. The smallest absolute Gasteiger partial charge is 0.320 e. The quantitative estimate of drug-likeness (QED) is 0.419. The molecule has 0 aliphatic heterocycles. The second-order valence-corrected chi connectivity index (χ2v) is 4.95. The standard InChI is InChI=1S/C17H22O5/c1-4-21-16(19)15(17(20)22-5-2)12(3)11-14(18)13-9-7-6-8-10-13/h6-10,12,15H,4-5,11H2,1-3H3. The minimum atomic E-state index is -1.08. The number of ketones is 1. The van der Waals surface area contributed by atoms with E-state index in [1.54, 1.807) is 45.0 Å². The maximum Gasteiger partial charge on any atom is 0.320 e. The number of carbonyl (C=O) groups is 3. The van der Waals surface area contributed by atoms with Gasteiger partial charge in [-0.25, -0.2) is 0 Å². The molecule has 0 spiro atoms. The summed E-state index contributed by atoms with van der Waals surface area (Å²) in [4.78, 5) is 36.2. The van der Waals surface area contributed by atoms with Gasteiger partial charge in [0.25, 0.3) is 0 Å². The second kappa shape index (κ2) is 8.97. The van der Waals surface area contributed by atoms with E-state index in [0.29, 0.717) is 5.56 Å². The van der Waals surface area contributed by atoms with Crippen molar-refractivity contribution in [1.29, 1.82) is 0 Å². The van der Waals surface area contributed by atoms with Gasteiger partial charge in [0.1, 0.15) is 0 Å². The Balaban J connectivity index is 2.82.